The Bertz CT molecular complexity index is 1350. The summed E-state index contributed by atoms with van der Waals surface area (Å²) >= 11 is 0. The normalized spacial score (nSPS) is 15.3. The number of aromatic nitrogens is 5. The molecule has 2 aromatic heterocycles. The molecule has 1 aliphatic carbocycles. The summed E-state index contributed by atoms with van der Waals surface area (Å²) in [6, 6.07) is 14.7. The van der Waals surface area contributed by atoms with E-state index in [9.17, 15) is 4.79 Å². The maximum absolute atomic E-state index is 13.3. The lowest BCUT2D eigenvalue weighted by atomic mass is 9.88. The van der Waals surface area contributed by atoms with Crippen molar-refractivity contribution in [3.8, 4) is 5.69 Å². The van der Waals surface area contributed by atoms with Crippen molar-refractivity contribution in [3.05, 3.63) is 87.9 Å². The monoisotopic (exact) mass is 440 g/mol. The van der Waals surface area contributed by atoms with E-state index >= 15 is 0 Å². The van der Waals surface area contributed by atoms with E-state index in [1.807, 2.05) is 50.7 Å². The van der Waals surface area contributed by atoms with Crippen molar-refractivity contribution >= 4 is 11.7 Å². The zero-order valence-corrected chi connectivity index (χ0v) is 19.5. The number of nitrogens with zero attached hydrogens (tertiary/aromatic N) is 5. The largest absolute Gasteiger partial charge is 0.305 e. The van der Waals surface area contributed by atoms with Crippen LogP contribution in [0.2, 0.25) is 0 Å². The van der Waals surface area contributed by atoms with Crippen molar-refractivity contribution < 1.29 is 4.79 Å². The highest BCUT2D eigenvalue weighted by Crippen LogP contribution is 2.35. The molecule has 0 saturated carbocycles. The smallest absolute Gasteiger partial charge is 0.279 e. The summed E-state index contributed by atoms with van der Waals surface area (Å²) in [5.74, 6) is 0.430. The van der Waals surface area contributed by atoms with Crippen LogP contribution in [0.4, 0.5) is 5.82 Å². The van der Waals surface area contributed by atoms with Crippen LogP contribution in [0.25, 0.3) is 5.69 Å². The Kier molecular flexibility index (Phi) is 5.32. The van der Waals surface area contributed by atoms with E-state index in [1.54, 1.807) is 4.80 Å². The van der Waals surface area contributed by atoms with Gasteiger partial charge in [0.1, 0.15) is 5.82 Å². The highest BCUT2D eigenvalue weighted by atomic mass is 16.2. The highest BCUT2D eigenvalue weighted by molar-refractivity contribution is 6.03. The fourth-order valence-corrected chi connectivity index (χ4v) is 4.72. The average Bonchev–Trinajstić information content (AvgIpc) is 3.36. The van der Waals surface area contributed by atoms with Crippen molar-refractivity contribution in [3.63, 3.8) is 0 Å². The Balaban J connectivity index is 1.46. The number of benzene rings is 2. The van der Waals surface area contributed by atoms with Gasteiger partial charge in [-0.05, 0) is 69.7 Å². The zero-order valence-electron chi connectivity index (χ0n) is 19.5. The number of carbonyl (C=O) groups excluding carboxylic acids is 1. The number of fused-ring (bicyclic) bond motifs is 1. The average molecular weight is 441 g/mol. The van der Waals surface area contributed by atoms with E-state index in [0.717, 1.165) is 36.1 Å². The second kappa shape index (κ2) is 8.31. The first-order valence-corrected chi connectivity index (χ1v) is 11.4. The van der Waals surface area contributed by atoms with Crippen molar-refractivity contribution in [2.24, 2.45) is 0 Å². The van der Waals surface area contributed by atoms with Crippen molar-refractivity contribution in [2.75, 3.05) is 5.32 Å². The summed E-state index contributed by atoms with van der Waals surface area (Å²) in [7, 11) is 0. The molecule has 4 aromatic rings. The van der Waals surface area contributed by atoms with Crippen LogP contribution in [0, 0.1) is 27.7 Å². The molecule has 1 amide bonds. The van der Waals surface area contributed by atoms with Gasteiger partial charge >= 0.3 is 0 Å². The molecule has 0 radical (unpaired) electrons. The van der Waals surface area contributed by atoms with Crippen LogP contribution in [0.15, 0.2) is 48.7 Å². The van der Waals surface area contributed by atoms with Crippen LogP contribution in [0.3, 0.4) is 0 Å². The van der Waals surface area contributed by atoms with Crippen LogP contribution in [-0.4, -0.2) is 30.7 Å². The molecule has 0 fully saturated rings. The molecule has 1 aliphatic rings. The summed E-state index contributed by atoms with van der Waals surface area (Å²) < 4.78 is 1.95. The van der Waals surface area contributed by atoms with Gasteiger partial charge in [-0.1, -0.05) is 42.0 Å². The predicted molar refractivity (Wildman–Crippen MR) is 128 cm³/mol. The molecule has 1 unspecified atom stereocenters. The van der Waals surface area contributed by atoms with Crippen LogP contribution in [-0.2, 0) is 6.42 Å². The molecule has 7 heteroatoms. The number of carbonyl (C=O) groups is 1. The molecule has 0 spiro atoms. The van der Waals surface area contributed by atoms with E-state index in [2.05, 4.69) is 50.9 Å². The third-order valence-corrected chi connectivity index (χ3v) is 6.41. The van der Waals surface area contributed by atoms with Crippen LogP contribution < -0.4 is 5.32 Å². The molecule has 0 saturated heterocycles. The Morgan fingerprint density at radius 2 is 1.85 bits per heavy atom. The van der Waals surface area contributed by atoms with Gasteiger partial charge in [0, 0.05) is 5.56 Å². The molecule has 2 aromatic carbocycles. The van der Waals surface area contributed by atoms with Gasteiger partial charge in [-0.2, -0.15) is 15.0 Å². The van der Waals surface area contributed by atoms with Crippen molar-refractivity contribution in [1.29, 1.82) is 0 Å². The van der Waals surface area contributed by atoms with Gasteiger partial charge in [0.05, 0.1) is 23.6 Å². The van der Waals surface area contributed by atoms with E-state index in [1.165, 1.54) is 16.7 Å². The molecular weight excluding hydrogens is 412 g/mol. The highest BCUT2D eigenvalue weighted by Gasteiger charge is 2.26. The first-order chi connectivity index (χ1) is 15.9. The number of rotatable bonds is 4. The van der Waals surface area contributed by atoms with Crippen molar-refractivity contribution in [1.82, 2.24) is 24.8 Å². The molecule has 1 N–H and O–H groups in total. The zero-order chi connectivity index (χ0) is 23.1. The SMILES string of the molecule is Cc1ccc(-n2nc(C)c(C(=O)Nc3c(C)cnn3C3CCCc4ccccc43)n2)c(C)c1. The number of aryl methyl sites for hydroxylation is 5. The Morgan fingerprint density at radius 1 is 1.03 bits per heavy atom. The molecule has 5 rings (SSSR count). The standard InChI is InChI=1S/C26H28N6O/c1-16-12-13-22(17(2)14-16)32-29-19(4)24(30-32)26(33)28-25-18(3)15-27-31(25)23-11-7-9-20-8-5-6-10-21(20)23/h5-6,8,10,12-15,23H,7,9,11H2,1-4H3,(H,28,33). The maximum atomic E-state index is 13.3. The van der Waals surface area contributed by atoms with E-state index in [0.29, 0.717) is 17.2 Å². The number of hydrogen-bond donors (Lipinski definition) is 1. The van der Waals surface area contributed by atoms with Gasteiger partial charge in [0.2, 0.25) is 0 Å². The molecule has 7 nitrogen and oxygen atoms in total. The summed E-state index contributed by atoms with van der Waals surface area (Å²) in [5, 5.41) is 16.8. The number of amides is 1. The van der Waals surface area contributed by atoms with Gasteiger partial charge < -0.3 is 5.32 Å². The first-order valence-electron chi connectivity index (χ1n) is 11.4. The minimum Gasteiger partial charge on any atom is -0.305 e. The Morgan fingerprint density at radius 3 is 2.67 bits per heavy atom. The number of anilines is 1. The first kappa shape index (κ1) is 21.1. The van der Waals surface area contributed by atoms with Gasteiger partial charge in [0.15, 0.2) is 5.69 Å². The Labute approximate surface area is 193 Å². The molecular formula is C26H28N6O. The Hall–Kier alpha value is -3.74. The third kappa shape index (κ3) is 3.84. The maximum Gasteiger partial charge on any atom is 0.279 e. The third-order valence-electron chi connectivity index (χ3n) is 6.41. The molecule has 33 heavy (non-hydrogen) atoms. The lowest BCUT2D eigenvalue weighted by Gasteiger charge is -2.27. The van der Waals surface area contributed by atoms with Gasteiger partial charge in [0.25, 0.3) is 5.91 Å². The number of hydrogen-bond acceptors (Lipinski definition) is 4. The van der Waals surface area contributed by atoms with Crippen molar-refractivity contribution in [2.45, 2.75) is 53.0 Å². The van der Waals surface area contributed by atoms with Gasteiger partial charge in [-0.25, -0.2) is 4.68 Å². The lowest BCUT2D eigenvalue weighted by molar-refractivity contribution is 0.102. The molecule has 0 aliphatic heterocycles. The fourth-order valence-electron chi connectivity index (χ4n) is 4.72. The minimum atomic E-state index is -0.280. The topological polar surface area (TPSA) is 77.6 Å². The molecule has 1 atom stereocenters. The second-order valence-corrected chi connectivity index (χ2v) is 8.90. The molecule has 168 valence electrons. The second-order valence-electron chi connectivity index (χ2n) is 8.90. The molecule has 2 heterocycles. The fraction of sp³-hybridized carbons (Fsp3) is 0.308. The van der Waals surface area contributed by atoms with E-state index in [-0.39, 0.29) is 11.9 Å². The minimum absolute atomic E-state index is 0.103. The quantitative estimate of drug-likeness (QED) is 0.491. The summed E-state index contributed by atoms with van der Waals surface area (Å²) in [4.78, 5) is 14.8. The summed E-state index contributed by atoms with van der Waals surface area (Å²) in [6.45, 7) is 7.84. The van der Waals surface area contributed by atoms with Gasteiger partial charge in [-0.3, -0.25) is 4.79 Å². The van der Waals surface area contributed by atoms with E-state index < -0.39 is 0 Å². The predicted octanol–water partition coefficient (Wildman–Crippen LogP) is 4.88. The van der Waals surface area contributed by atoms with E-state index in [4.69, 9.17) is 0 Å². The van der Waals surface area contributed by atoms with Crippen LogP contribution in [0.1, 0.15) is 62.9 Å². The number of nitrogens with one attached hydrogen (secondary N) is 1. The van der Waals surface area contributed by atoms with Gasteiger partial charge in [-0.15, -0.1) is 5.10 Å². The van der Waals surface area contributed by atoms with Crippen LogP contribution >= 0.6 is 0 Å². The summed E-state index contributed by atoms with van der Waals surface area (Å²) in [6.07, 6.45) is 4.97. The lowest BCUT2D eigenvalue weighted by Crippen LogP contribution is -2.23. The molecule has 0 bridgehead atoms. The van der Waals surface area contributed by atoms with Crippen LogP contribution in [0.5, 0.6) is 0 Å². The summed E-state index contributed by atoms with van der Waals surface area (Å²) in [5.41, 5.74) is 7.54.